The zero-order valence-corrected chi connectivity index (χ0v) is 11.5. The van der Waals surface area contributed by atoms with E-state index in [1.807, 2.05) is 19.2 Å². The van der Waals surface area contributed by atoms with E-state index in [-0.39, 0.29) is 24.0 Å². The molecule has 2 rings (SSSR count). The largest absolute Gasteiger partial charge is 0.491 e. The van der Waals surface area contributed by atoms with Gasteiger partial charge in [0.1, 0.15) is 0 Å². The maximum absolute atomic E-state index is 13.7. The van der Waals surface area contributed by atoms with E-state index >= 15 is 0 Å². The highest BCUT2D eigenvalue weighted by molar-refractivity contribution is 5.85. The highest BCUT2D eigenvalue weighted by atomic mass is 35.5. The zero-order chi connectivity index (χ0) is 13.0. The molecule has 0 aliphatic rings. The molecular formula is C13H17ClFN3O. The van der Waals surface area contributed by atoms with Gasteiger partial charge in [0, 0.05) is 18.3 Å². The van der Waals surface area contributed by atoms with E-state index in [1.54, 1.807) is 16.9 Å². The van der Waals surface area contributed by atoms with Gasteiger partial charge >= 0.3 is 0 Å². The minimum atomic E-state index is -0.360. The highest BCUT2D eigenvalue weighted by Gasteiger charge is 2.07. The number of benzene rings is 1. The number of hydrogen-bond acceptors (Lipinski definition) is 3. The van der Waals surface area contributed by atoms with Crippen molar-refractivity contribution in [1.29, 1.82) is 0 Å². The average Bonchev–Trinajstić information content (AvgIpc) is 2.81. The molecule has 0 spiro atoms. The Morgan fingerprint density at radius 1 is 1.37 bits per heavy atom. The van der Waals surface area contributed by atoms with Crippen LogP contribution in [0.3, 0.4) is 0 Å². The first kappa shape index (κ1) is 15.5. The van der Waals surface area contributed by atoms with Crippen LogP contribution < -0.4 is 10.5 Å². The fourth-order valence-corrected chi connectivity index (χ4v) is 1.72. The van der Waals surface area contributed by atoms with Crippen LogP contribution in [0.5, 0.6) is 5.75 Å². The summed E-state index contributed by atoms with van der Waals surface area (Å²) in [6.07, 6.45) is 3.55. The van der Waals surface area contributed by atoms with Crippen molar-refractivity contribution >= 4 is 12.4 Å². The molecule has 0 atom stereocenters. The number of rotatable bonds is 5. The van der Waals surface area contributed by atoms with Gasteiger partial charge in [0.25, 0.3) is 0 Å². The number of nitrogens with two attached hydrogens (primary N) is 1. The Kier molecular flexibility index (Phi) is 5.79. The van der Waals surface area contributed by atoms with E-state index in [0.29, 0.717) is 19.7 Å². The molecule has 0 fully saturated rings. The molecule has 104 valence electrons. The molecule has 0 saturated heterocycles. The van der Waals surface area contributed by atoms with Gasteiger partial charge < -0.3 is 10.5 Å². The second-order valence-electron chi connectivity index (χ2n) is 3.86. The predicted molar refractivity (Wildman–Crippen MR) is 75.1 cm³/mol. The number of hydrogen-bond donors (Lipinski definition) is 1. The monoisotopic (exact) mass is 285 g/mol. The summed E-state index contributed by atoms with van der Waals surface area (Å²) in [6, 6.07) is 4.90. The molecule has 4 nitrogen and oxygen atoms in total. The summed E-state index contributed by atoms with van der Waals surface area (Å²) in [5.41, 5.74) is 7.09. The Hall–Kier alpha value is -1.59. The molecule has 2 aromatic rings. The van der Waals surface area contributed by atoms with Crippen LogP contribution in [-0.4, -0.2) is 22.9 Å². The summed E-state index contributed by atoms with van der Waals surface area (Å²) in [5.74, 6) is -0.0866. The van der Waals surface area contributed by atoms with Gasteiger partial charge in [-0.25, -0.2) is 4.39 Å². The van der Waals surface area contributed by atoms with Crippen molar-refractivity contribution in [2.75, 3.05) is 13.2 Å². The smallest absolute Gasteiger partial charge is 0.165 e. The molecule has 0 unspecified atom stereocenters. The fraction of sp³-hybridized carbons (Fsp3) is 0.308. The topological polar surface area (TPSA) is 53.1 Å². The summed E-state index contributed by atoms with van der Waals surface area (Å²) in [7, 11) is 0. The van der Waals surface area contributed by atoms with Crippen molar-refractivity contribution < 1.29 is 9.13 Å². The van der Waals surface area contributed by atoms with Crippen molar-refractivity contribution in [2.24, 2.45) is 5.73 Å². The van der Waals surface area contributed by atoms with Gasteiger partial charge in [-0.1, -0.05) is 6.07 Å². The molecule has 0 saturated carbocycles. The third-order valence-corrected chi connectivity index (χ3v) is 2.56. The second-order valence-corrected chi connectivity index (χ2v) is 3.86. The van der Waals surface area contributed by atoms with Crippen LogP contribution in [0.1, 0.15) is 6.92 Å². The van der Waals surface area contributed by atoms with Crippen LogP contribution in [-0.2, 0) is 6.54 Å². The summed E-state index contributed by atoms with van der Waals surface area (Å²) >= 11 is 0. The molecule has 1 heterocycles. The fourth-order valence-electron chi connectivity index (χ4n) is 1.72. The van der Waals surface area contributed by atoms with Gasteiger partial charge in [0.05, 0.1) is 19.3 Å². The Labute approximate surface area is 117 Å². The van der Waals surface area contributed by atoms with Crippen molar-refractivity contribution in [3.05, 3.63) is 36.4 Å². The first-order valence-corrected chi connectivity index (χ1v) is 5.90. The van der Waals surface area contributed by atoms with Crippen LogP contribution in [0.25, 0.3) is 11.1 Å². The lowest BCUT2D eigenvalue weighted by molar-refractivity contribution is 0.321. The lowest BCUT2D eigenvalue weighted by Gasteiger charge is -2.05. The molecule has 0 bridgehead atoms. The summed E-state index contributed by atoms with van der Waals surface area (Å²) in [4.78, 5) is 0. The molecule has 2 N–H and O–H groups in total. The summed E-state index contributed by atoms with van der Waals surface area (Å²) < 4.78 is 20.6. The van der Waals surface area contributed by atoms with Crippen molar-refractivity contribution in [3.63, 3.8) is 0 Å². The minimum Gasteiger partial charge on any atom is -0.491 e. The molecular weight excluding hydrogens is 269 g/mol. The summed E-state index contributed by atoms with van der Waals surface area (Å²) in [5, 5.41) is 4.15. The Morgan fingerprint density at radius 3 is 2.79 bits per heavy atom. The first-order valence-electron chi connectivity index (χ1n) is 5.90. The molecule has 0 aliphatic carbocycles. The summed E-state index contributed by atoms with van der Waals surface area (Å²) in [6.45, 7) is 3.45. The van der Waals surface area contributed by atoms with Crippen LogP contribution >= 0.6 is 12.4 Å². The van der Waals surface area contributed by atoms with Crippen molar-refractivity contribution in [1.82, 2.24) is 9.78 Å². The van der Waals surface area contributed by atoms with Gasteiger partial charge in [0.15, 0.2) is 11.6 Å². The van der Waals surface area contributed by atoms with Crippen LogP contribution in [0.2, 0.25) is 0 Å². The maximum atomic E-state index is 13.7. The first-order chi connectivity index (χ1) is 8.74. The molecule has 1 aromatic heterocycles. The quantitative estimate of drug-likeness (QED) is 0.918. The third kappa shape index (κ3) is 3.68. The number of halogens is 2. The lowest BCUT2D eigenvalue weighted by atomic mass is 10.1. The van der Waals surface area contributed by atoms with Gasteiger partial charge in [-0.2, -0.15) is 5.10 Å². The lowest BCUT2D eigenvalue weighted by Crippen LogP contribution is -2.09. The van der Waals surface area contributed by atoms with Gasteiger partial charge in [-0.3, -0.25) is 4.68 Å². The zero-order valence-electron chi connectivity index (χ0n) is 10.7. The van der Waals surface area contributed by atoms with Gasteiger partial charge in [-0.15, -0.1) is 12.4 Å². The van der Waals surface area contributed by atoms with E-state index in [0.717, 1.165) is 11.1 Å². The Balaban J connectivity index is 0.00000180. The molecule has 0 radical (unpaired) electrons. The molecule has 19 heavy (non-hydrogen) atoms. The van der Waals surface area contributed by atoms with Crippen LogP contribution in [0, 0.1) is 5.82 Å². The predicted octanol–water partition coefficient (Wildman–Crippen LogP) is 2.47. The number of aromatic nitrogens is 2. The standard InChI is InChI=1S/C13H16FN3O.ClH/c1-2-18-13-4-3-10(7-12(13)14)11-8-16-17(9-11)6-5-15;/h3-4,7-9H,2,5-6,15H2,1H3;1H. The minimum absolute atomic E-state index is 0. The highest BCUT2D eigenvalue weighted by Crippen LogP contribution is 2.25. The molecule has 1 aromatic carbocycles. The van der Waals surface area contributed by atoms with Crippen LogP contribution in [0.4, 0.5) is 4.39 Å². The van der Waals surface area contributed by atoms with E-state index in [1.165, 1.54) is 6.07 Å². The van der Waals surface area contributed by atoms with E-state index < -0.39 is 0 Å². The number of ether oxygens (including phenoxy) is 1. The van der Waals surface area contributed by atoms with E-state index in [2.05, 4.69) is 5.10 Å². The Bertz CT molecular complexity index is 530. The normalized spacial score (nSPS) is 10.1. The third-order valence-electron chi connectivity index (χ3n) is 2.56. The van der Waals surface area contributed by atoms with Gasteiger partial charge in [0.2, 0.25) is 0 Å². The van der Waals surface area contributed by atoms with Crippen LogP contribution in [0.15, 0.2) is 30.6 Å². The SMILES string of the molecule is CCOc1ccc(-c2cnn(CCN)c2)cc1F.Cl. The maximum Gasteiger partial charge on any atom is 0.165 e. The average molecular weight is 286 g/mol. The van der Waals surface area contributed by atoms with Gasteiger partial charge in [-0.05, 0) is 24.6 Å². The Morgan fingerprint density at radius 2 is 2.16 bits per heavy atom. The van der Waals surface area contributed by atoms with Crippen molar-refractivity contribution in [3.8, 4) is 16.9 Å². The number of nitrogens with zero attached hydrogens (tertiary/aromatic N) is 2. The molecule has 0 aliphatic heterocycles. The molecule has 6 heteroatoms. The second kappa shape index (κ2) is 7.11. The van der Waals surface area contributed by atoms with E-state index in [9.17, 15) is 4.39 Å². The van der Waals surface area contributed by atoms with E-state index in [4.69, 9.17) is 10.5 Å². The molecule has 0 amide bonds. The van der Waals surface area contributed by atoms with Crippen molar-refractivity contribution in [2.45, 2.75) is 13.5 Å².